The zero-order valence-electron chi connectivity index (χ0n) is 14.8. The molecule has 0 aromatic heterocycles. The number of carbonyl (C=O) groups excluding carboxylic acids is 1. The number of hydrogen-bond acceptors (Lipinski definition) is 4. The first-order chi connectivity index (χ1) is 11.9. The van der Waals surface area contributed by atoms with Crippen molar-refractivity contribution in [2.45, 2.75) is 55.9 Å². The molecule has 1 amide bonds. The van der Waals surface area contributed by atoms with Gasteiger partial charge in [-0.15, -0.1) is 0 Å². The summed E-state index contributed by atoms with van der Waals surface area (Å²) < 4.78 is 23.0. The quantitative estimate of drug-likeness (QED) is 0.826. The van der Waals surface area contributed by atoms with E-state index in [-0.39, 0.29) is 10.8 Å². The summed E-state index contributed by atoms with van der Waals surface area (Å²) in [5, 5.41) is 5.19. The molecule has 6 nitrogen and oxygen atoms in total. The minimum atomic E-state index is -3.71. The smallest absolute Gasteiger partial charge is 0.241 e. The van der Waals surface area contributed by atoms with Crippen LogP contribution in [-0.2, 0) is 21.2 Å². The molecule has 1 saturated carbocycles. The molecule has 2 N–H and O–H groups in total. The maximum absolute atomic E-state index is 12.8. The zero-order valence-corrected chi connectivity index (χ0v) is 15.6. The molecule has 0 spiro atoms. The van der Waals surface area contributed by atoms with Crippen LogP contribution in [-0.4, -0.2) is 45.4 Å². The van der Waals surface area contributed by atoms with E-state index in [0.29, 0.717) is 25.6 Å². The summed E-state index contributed by atoms with van der Waals surface area (Å²) in [5.74, 6) is 0.0776. The van der Waals surface area contributed by atoms with Crippen molar-refractivity contribution >= 4 is 21.6 Å². The van der Waals surface area contributed by atoms with Gasteiger partial charge in [0.1, 0.15) is 0 Å². The average molecular weight is 365 g/mol. The molecule has 1 aromatic rings. The lowest BCUT2D eigenvalue weighted by atomic mass is 10.1. The number of fused-ring (bicyclic) bond motifs is 1. The number of nitrogens with two attached hydrogens (primary N) is 1. The number of amides is 1. The molecule has 1 heterocycles. The van der Waals surface area contributed by atoms with Crippen LogP contribution < -0.4 is 10.0 Å². The van der Waals surface area contributed by atoms with Crippen molar-refractivity contribution < 1.29 is 13.2 Å². The molecule has 138 valence electrons. The summed E-state index contributed by atoms with van der Waals surface area (Å²) in [4.78, 5) is 16.8. The number of primary sulfonamides is 1. The third kappa shape index (κ3) is 4.22. The average Bonchev–Trinajstić information content (AvgIpc) is 2.78. The highest BCUT2D eigenvalue weighted by Crippen LogP contribution is 2.30. The van der Waals surface area contributed by atoms with Crippen LogP contribution in [0.5, 0.6) is 0 Å². The van der Waals surface area contributed by atoms with Crippen molar-refractivity contribution in [2.75, 3.05) is 25.0 Å². The molecule has 1 aliphatic heterocycles. The van der Waals surface area contributed by atoms with Gasteiger partial charge in [0.15, 0.2) is 0 Å². The largest absolute Gasteiger partial charge is 0.311 e. The molecule has 0 bridgehead atoms. The monoisotopic (exact) mass is 365 g/mol. The second-order valence-electron chi connectivity index (χ2n) is 7.19. The second kappa shape index (κ2) is 7.43. The lowest BCUT2D eigenvalue weighted by molar-refractivity contribution is -0.119. The first-order valence-corrected chi connectivity index (χ1v) is 10.6. The predicted molar refractivity (Wildman–Crippen MR) is 98.0 cm³/mol. The highest BCUT2D eigenvalue weighted by atomic mass is 32.2. The van der Waals surface area contributed by atoms with Crippen LogP contribution in [0.15, 0.2) is 23.1 Å². The van der Waals surface area contributed by atoms with Crippen molar-refractivity contribution in [3.63, 3.8) is 0 Å². The molecular formula is C18H27N3O3S. The minimum Gasteiger partial charge on any atom is -0.311 e. The lowest BCUT2D eigenvalue weighted by Gasteiger charge is -2.28. The first kappa shape index (κ1) is 18.4. The summed E-state index contributed by atoms with van der Waals surface area (Å²) in [6.07, 6.45) is 8.07. The van der Waals surface area contributed by atoms with Gasteiger partial charge in [-0.1, -0.05) is 25.7 Å². The number of sulfonamides is 1. The zero-order chi connectivity index (χ0) is 18.0. The second-order valence-corrected chi connectivity index (χ2v) is 8.75. The molecule has 25 heavy (non-hydrogen) atoms. The van der Waals surface area contributed by atoms with E-state index in [9.17, 15) is 13.2 Å². The number of likely N-dealkylation sites (N-methyl/N-ethyl adjacent to an activating group) is 1. The van der Waals surface area contributed by atoms with E-state index in [2.05, 4.69) is 4.90 Å². The molecule has 1 aromatic carbocycles. The van der Waals surface area contributed by atoms with Gasteiger partial charge in [-0.2, -0.15) is 0 Å². The van der Waals surface area contributed by atoms with Gasteiger partial charge >= 0.3 is 0 Å². The van der Waals surface area contributed by atoms with E-state index in [1.807, 2.05) is 7.05 Å². The van der Waals surface area contributed by atoms with Gasteiger partial charge in [-0.25, -0.2) is 13.6 Å². The summed E-state index contributed by atoms with van der Waals surface area (Å²) in [6.45, 7) is 1.00. The Bertz CT molecular complexity index is 740. The van der Waals surface area contributed by atoms with Crippen LogP contribution in [0.25, 0.3) is 0 Å². The minimum absolute atomic E-state index is 0.0776. The summed E-state index contributed by atoms with van der Waals surface area (Å²) >= 11 is 0. The van der Waals surface area contributed by atoms with Crippen molar-refractivity contribution in [2.24, 2.45) is 5.14 Å². The Morgan fingerprint density at radius 2 is 1.92 bits per heavy atom. The fraction of sp³-hybridized carbons (Fsp3) is 0.611. The van der Waals surface area contributed by atoms with E-state index in [4.69, 9.17) is 5.14 Å². The number of nitrogens with zero attached hydrogens (tertiary/aromatic N) is 2. The summed E-state index contributed by atoms with van der Waals surface area (Å²) in [6, 6.07) is 5.26. The van der Waals surface area contributed by atoms with Gasteiger partial charge in [0, 0.05) is 18.3 Å². The van der Waals surface area contributed by atoms with Gasteiger partial charge in [0.25, 0.3) is 0 Å². The van der Waals surface area contributed by atoms with Crippen LogP contribution in [0.2, 0.25) is 0 Å². The third-order valence-corrected chi connectivity index (χ3v) is 6.32. The summed E-state index contributed by atoms with van der Waals surface area (Å²) in [7, 11) is -1.67. The van der Waals surface area contributed by atoms with E-state index in [0.717, 1.165) is 24.1 Å². The SMILES string of the molecule is CN(CC(=O)N1CCc2cc(S(N)(=O)=O)ccc21)C1CCCCCC1. The Balaban J connectivity index is 1.68. The van der Waals surface area contributed by atoms with E-state index < -0.39 is 10.0 Å². The maximum Gasteiger partial charge on any atom is 0.241 e. The van der Waals surface area contributed by atoms with Gasteiger partial charge in [0.2, 0.25) is 15.9 Å². The van der Waals surface area contributed by atoms with Crippen molar-refractivity contribution in [1.82, 2.24) is 4.90 Å². The number of benzene rings is 1. The van der Waals surface area contributed by atoms with Crippen molar-refractivity contribution in [1.29, 1.82) is 0 Å². The molecule has 2 aliphatic rings. The molecule has 3 rings (SSSR count). The molecule has 1 aliphatic carbocycles. The third-order valence-electron chi connectivity index (χ3n) is 5.41. The fourth-order valence-electron chi connectivity index (χ4n) is 3.94. The molecule has 1 fully saturated rings. The topological polar surface area (TPSA) is 83.7 Å². The standard InChI is InChI=1S/C18H27N3O3S/c1-20(15-6-4-2-3-5-7-15)13-18(22)21-11-10-14-12-16(25(19,23)24)8-9-17(14)21/h8-9,12,15H,2-7,10-11,13H2,1H3,(H2,19,23,24). The van der Waals surface area contributed by atoms with Crippen molar-refractivity contribution in [3.05, 3.63) is 23.8 Å². The Morgan fingerprint density at radius 1 is 1.24 bits per heavy atom. The molecule has 0 saturated heterocycles. The Morgan fingerprint density at radius 3 is 2.56 bits per heavy atom. The Labute approximate surface area is 150 Å². The molecule has 0 unspecified atom stereocenters. The normalized spacial score (nSPS) is 19.1. The number of hydrogen-bond donors (Lipinski definition) is 1. The van der Waals surface area contributed by atoms with E-state index >= 15 is 0 Å². The Kier molecular flexibility index (Phi) is 5.46. The number of rotatable bonds is 4. The van der Waals surface area contributed by atoms with Gasteiger partial charge < -0.3 is 4.90 Å². The van der Waals surface area contributed by atoms with E-state index in [1.165, 1.54) is 31.7 Å². The van der Waals surface area contributed by atoms with Gasteiger partial charge in [-0.3, -0.25) is 9.69 Å². The fourth-order valence-corrected chi connectivity index (χ4v) is 4.50. The summed E-state index contributed by atoms with van der Waals surface area (Å²) in [5.41, 5.74) is 1.68. The van der Waals surface area contributed by atoms with Gasteiger partial charge in [0.05, 0.1) is 11.4 Å². The van der Waals surface area contributed by atoms with Crippen LogP contribution in [0, 0.1) is 0 Å². The highest BCUT2D eigenvalue weighted by Gasteiger charge is 2.28. The van der Waals surface area contributed by atoms with Crippen molar-refractivity contribution in [3.8, 4) is 0 Å². The molecule has 0 atom stereocenters. The highest BCUT2D eigenvalue weighted by molar-refractivity contribution is 7.89. The Hall–Kier alpha value is -1.44. The van der Waals surface area contributed by atoms with Crippen LogP contribution in [0.1, 0.15) is 44.1 Å². The van der Waals surface area contributed by atoms with Crippen LogP contribution in [0.4, 0.5) is 5.69 Å². The lowest BCUT2D eigenvalue weighted by Crippen LogP contribution is -2.42. The predicted octanol–water partition coefficient (Wildman–Crippen LogP) is 1.88. The van der Waals surface area contributed by atoms with Crippen LogP contribution >= 0.6 is 0 Å². The van der Waals surface area contributed by atoms with E-state index in [1.54, 1.807) is 17.0 Å². The molecule has 0 radical (unpaired) electrons. The number of carbonyl (C=O) groups is 1. The first-order valence-electron chi connectivity index (χ1n) is 9.02. The number of anilines is 1. The van der Waals surface area contributed by atoms with Crippen LogP contribution in [0.3, 0.4) is 0 Å². The maximum atomic E-state index is 12.8. The molecular weight excluding hydrogens is 338 g/mol. The molecule has 7 heteroatoms. The van der Waals surface area contributed by atoms with Gasteiger partial charge in [-0.05, 0) is 50.1 Å².